The highest BCUT2D eigenvalue weighted by Crippen LogP contribution is 2.43. The first-order valence-electron chi connectivity index (χ1n) is 7.75. The predicted molar refractivity (Wildman–Crippen MR) is 94.1 cm³/mol. The van der Waals surface area contributed by atoms with Crippen LogP contribution in [0.15, 0.2) is 0 Å². The highest BCUT2D eigenvalue weighted by Gasteiger charge is 2.36. The Labute approximate surface area is 145 Å². The molecule has 2 rings (SSSR count). The molecule has 0 aliphatic heterocycles. The SMILES string of the molecule is CCOC(=O)c1c(C(C)C)nc2c(c1I)[C@@H](O)CC(C)(C)C2. The summed E-state index contributed by atoms with van der Waals surface area (Å²) in [6.07, 6.45) is 0.923. The summed E-state index contributed by atoms with van der Waals surface area (Å²) in [6.45, 7) is 10.5. The molecule has 5 heteroatoms. The third kappa shape index (κ3) is 3.30. The number of hydrogen-bond acceptors (Lipinski definition) is 4. The first-order valence-corrected chi connectivity index (χ1v) is 8.83. The van der Waals surface area contributed by atoms with Gasteiger partial charge in [0, 0.05) is 14.8 Å². The van der Waals surface area contributed by atoms with Gasteiger partial charge in [0.15, 0.2) is 0 Å². The maximum absolute atomic E-state index is 12.4. The third-order valence-corrected chi connectivity index (χ3v) is 5.15. The van der Waals surface area contributed by atoms with E-state index in [1.165, 1.54) is 0 Å². The molecule has 1 aromatic rings. The fourth-order valence-corrected chi connectivity index (χ4v) is 4.24. The van der Waals surface area contributed by atoms with E-state index < -0.39 is 6.10 Å². The molecule has 22 heavy (non-hydrogen) atoms. The van der Waals surface area contributed by atoms with E-state index in [0.29, 0.717) is 18.6 Å². The molecule has 1 aromatic heterocycles. The molecule has 0 radical (unpaired) electrons. The van der Waals surface area contributed by atoms with Crippen LogP contribution in [0.1, 0.15) is 80.4 Å². The van der Waals surface area contributed by atoms with Crippen molar-refractivity contribution in [2.45, 2.75) is 59.5 Å². The fraction of sp³-hybridized carbons (Fsp3) is 0.647. The lowest BCUT2D eigenvalue weighted by Gasteiger charge is -2.35. The van der Waals surface area contributed by atoms with Crippen molar-refractivity contribution in [3.63, 3.8) is 0 Å². The first-order chi connectivity index (χ1) is 10.2. The van der Waals surface area contributed by atoms with Gasteiger partial charge in [-0.3, -0.25) is 4.98 Å². The summed E-state index contributed by atoms with van der Waals surface area (Å²) in [4.78, 5) is 17.1. The minimum Gasteiger partial charge on any atom is -0.462 e. The highest BCUT2D eigenvalue weighted by molar-refractivity contribution is 14.1. The second kappa shape index (κ2) is 6.43. The van der Waals surface area contributed by atoms with Gasteiger partial charge in [-0.2, -0.15) is 0 Å². The second-order valence-corrected chi connectivity index (χ2v) is 8.06. The largest absolute Gasteiger partial charge is 0.462 e. The van der Waals surface area contributed by atoms with Gasteiger partial charge in [-0.1, -0.05) is 27.7 Å². The van der Waals surface area contributed by atoms with Gasteiger partial charge in [0.1, 0.15) is 0 Å². The molecule has 4 nitrogen and oxygen atoms in total. The summed E-state index contributed by atoms with van der Waals surface area (Å²) in [5, 5.41) is 10.5. The molecule has 0 aromatic carbocycles. The number of aliphatic hydroxyl groups excluding tert-OH is 1. The van der Waals surface area contributed by atoms with Crippen LogP contribution in [0.5, 0.6) is 0 Å². The molecular weight excluding hydrogens is 393 g/mol. The first kappa shape index (κ1) is 17.7. The van der Waals surface area contributed by atoms with Gasteiger partial charge in [0.25, 0.3) is 0 Å². The van der Waals surface area contributed by atoms with Gasteiger partial charge in [-0.15, -0.1) is 0 Å². The lowest BCUT2D eigenvalue weighted by atomic mass is 9.74. The van der Waals surface area contributed by atoms with Gasteiger partial charge >= 0.3 is 5.97 Å². The fourth-order valence-electron chi connectivity index (χ4n) is 3.07. The molecule has 0 saturated heterocycles. The van der Waals surface area contributed by atoms with Gasteiger partial charge in [0.2, 0.25) is 0 Å². The minimum atomic E-state index is -0.576. The molecule has 0 unspecified atom stereocenters. The maximum Gasteiger partial charge on any atom is 0.341 e. The standard InChI is InChI=1S/C17H24INO3/c1-6-22-16(21)13-14(18)12-10(19-15(13)9(2)3)7-17(4,5)8-11(12)20/h9,11,20H,6-8H2,1-5H3/t11-/m0/s1. The van der Waals surface area contributed by atoms with Crippen LogP contribution in [-0.2, 0) is 11.2 Å². The Morgan fingerprint density at radius 2 is 2.14 bits per heavy atom. The van der Waals surface area contributed by atoms with Crippen molar-refractivity contribution < 1.29 is 14.6 Å². The minimum absolute atomic E-state index is 0.0161. The summed E-state index contributed by atoms with van der Waals surface area (Å²) in [5.74, 6) is -0.219. The average Bonchev–Trinajstić information content (AvgIpc) is 2.35. The van der Waals surface area contributed by atoms with Crippen molar-refractivity contribution in [2.75, 3.05) is 6.61 Å². The maximum atomic E-state index is 12.4. The predicted octanol–water partition coefficient (Wildman–Crippen LogP) is 3.99. The Balaban J connectivity index is 2.66. The molecule has 0 amide bonds. The average molecular weight is 417 g/mol. The molecule has 1 atom stereocenters. The summed E-state index contributed by atoms with van der Waals surface area (Å²) in [7, 11) is 0. The third-order valence-electron chi connectivity index (χ3n) is 4.03. The Hall–Kier alpha value is -0.690. The molecule has 1 N–H and O–H groups in total. The van der Waals surface area contributed by atoms with Crippen molar-refractivity contribution in [1.29, 1.82) is 0 Å². The zero-order chi connectivity index (χ0) is 16.7. The number of ether oxygens (including phenoxy) is 1. The lowest BCUT2D eigenvalue weighted by Crippen LogP contribution is -2.29. The zero-order valence-corrected chi connectivity index (χ0v) is 16.0. The summed E-state index contributed by atoms with van der Waals surface area (Å²) in [5.41, 5.74) is 3.04. The van der Waals surface area contributed by atoms with E-state index in [1.807, 2.05) is 13.8 Å². The number of fused-ring (bicyclic) bond motifs is 1. The van der Waals surface area contributed by atoms with E-state index in [4.69, 9.17) is 9.72 Å². The number of aliphatic hydroxyl groups is 1. The van der Waals surface area contributed by atoms with E-state index in [2.05, 4.69) is 36.4 Å². The van der Waals surface area contributed by atoms with E-state index in [-0.39, 0.29) is 17.3 Å². The number of carbonyl (C=O) groups is 1. The zero-order valence-electron chi connectivity index (χ0n) is 13.9. The summed E-state index contributed by atoms with van der Waals surface area (Å²) >= 11 is 2.16. The number of esters is 1. The van der Waals surface area contributed by atoms with Crippen LogP contribution in [0, 0.1) is 8.99 Å². The van der Waals surface area contributed by atoms with Crippen molar-refractivity contribution in [1.82, 2.24) is 4.98 Å². The van der Waals surface area contributed by atoms with E-state index >= 15 is 0 Å². The van der Waals surface area contributed by atoms with Crippen molar-refractivity contribution >= 4 is 28.6 Å². The Morgan fingerprint density at radius 3 is 2.68 bits per heavy atom. The van der Waals surface area contributed by atoms with Gasteiger partial charge < -0.3 is 9.84 Å². The van der Waals surface area contributed by atoms with Crippen molar-refractivity contribution in [2.24, 2.45) is 5.41 Å². The van der Waals surface area contributed by atoms with Crippen molar-refractivity contribution in [3.05, 3.63) is 26.1 Å². The molecule has 122 valence electrons. The topological polar surface area (TPSA) is 59.4 Å². The van der Waals surface area contributed by atoms with Crippen LogP contribution in [0.2, 0.25) is 0 Å². The van der Waals surface area contributed by atoms with E-state index in [0.717, 1.165) is 26.9 Å². The summed E-state index contributed by atoms with van der Waals surface area (Å²) < 4.78 is 6.00. The molecule has 0 fully saturated rings. The Morgan fingerprint density at radius 1 is 1.50 bits per heavy atom. The Kier molecular flexibility index (Phi) is 5.16. The van der Waals surface area contributed by atoms with Crippen LogP contribution < -0.4 is 0 Å². The number of rotatable bonds is 3. The molecule has 1 aliphatic rings. The van der Waals surface area contributed by atoms with Crippen LogP contribution in [0.3, 0.4) is 0 Å². The lowest BCUT2D eigenvalue weighted by molar-refractivity contribution is 0.0521. The number of carbonyl (C=O) groups excluding carboxylic acids is 1. The monoisotopic (exact) mass is 417 g/mol. The number of pyridine rings is 1. The number of nitrogens with zero attached hydrogens (tertiary/aromatic N) is 1. The highest BCUT2D eigenvalue weighted by atomic mass is 127. The molecule has 0 spiro atoms. The van der Waals surface area contributed by atoms with Crippen LogP contribution in [0.25, 0.3) is 0 Å². The van der Waals surface area contributed by atoms with Gasteiger partial charge in [-0.05, 0) is 53.7 Å². The summed E-state index contributed by atoms with van der Waals surface area (Å²) in [6, 6.07) is 0. The smallest absolute Gasteiger partial charge is 0.341 e. The van der Waals surface area contributed by atoms with Crippen molar-refractivity contribution in [3.8, 4) is 0 Å². The number of halogens is 1. The molecule has 0 saturated carbocycles. The second-order valence-electron chi connectivity index (χ2n) is 6.98. The molecular formula is C17H24INO3. The van der Waals surface area contributed by atoms with Crippen LogP contribution >= 0.6 is 22.6 Å². The molecule has 1 aliphatic carbocycles. The number of hydrogen-bond donors (Lipinski definition) is 1. The van der Waals surface area contributed by atoms with Gasteiger partial charge in [-0.25, -0.2) is 4.79 Å². The molecule has 0 bridgehead atoms. The quantitative estimate of drug-likeness (QED) is 0.597. The van der Waals surface area contributed by atoms with E-state index in [9.17, 15) is 9.90 Å². The van der Waals surface area contributed by atoms with E-state index in [1.54, 1.807) is 6.92 Å². The van der Waals surface area contributed by atoms with Crippen LogP contribution in [0.4, 0.5) is 0 Å². The number of aromatic nitrogens is 1. The normalized spacial score (nSPS) is 19.9. The van der Waals surface area contributed by atoms with Gasteiger partial charge in [0.05, 0.1) is 24.0 Å². The molecule has 1 heterocycles. The Bertz CT molecular complexity index is 596. The van der Waals surface area contributed by atoms with Crippen LogP contribution in [-0.4, -0.2) is 22.7 Å².